The molecule has 3 aromatic carbocycles. The van der Waals surface area contributed by atoms with Gasteiger partial charge in [0.2, 0.25) is 6.79 Å². The predicted octanol–water partition coefficient (Wildman–Crippen LogP) is 3.37. The molecule has 1 N–H and O–H groups in total. The Labute approximate surface area is 221 Å². The first-order valence-electron chi connectivity index (χ1n) is 12.0. The van der Waals surface area contributed by atoms with E-state index in [-0.39, 0.29) is 30.3 Å². The van der Waals surface area contributed by atoms with Gasteiger partial charge in [0, 0.05) is 11.1 Å². The number of aromatic nitrogens is 1. The van der Waals surface area contributed by atoms with Gasteiger partial charge >= 0.3 is 5.97 Å². The number of ether oxygens (including phenoxy) is 3. The number of fused-ring (bicyclic) bond motifs is 2. The normalized spacial score (nSPS) is 16.2. The lowest BCUT2D eigenvalue weighted by Crippen LogP contribution is -2.40. The van der Waals surface area contributed by atoms with Crippen LogP contribution in [0, 0.1) is 0 Å². The SMILES string of the molecule is CCOC(=O)C1=C(c2ccccc2)N=c2sc(=Cc3ccccc3O)c(=O)n2C1c1ccc2c(c1)OCO2. The third kappa shape index (κ3) is 4.06. The standard InChI is InChI=1S/C29H22N2O6S/c1-2-35-28(34)24-25(17-8-4-3-5-9-17)30-29-31(26(24)19-12-13-21-22(14-19)37-16-36-21)27(33)23(38-29)15-18-10-6-7-11-20(18)32/h3-15,26,32H,2,16H2,1H3. The molecule has 0 spiro atoms. The first-order valence-corrected chi connectivity index (χ1v) is 12.8. The average molecular weight is 527 g/mol. The first kappa shape index (κ1) is 23.7. The number of carbonyl (C=O) groups is 1. The van der Waals surface area contributed by atoms with Crippen molar-refractivity contribution in [3.63, 3.8) is 0 Å². The van der Waals surface area contributed by atoms with Gasteiger partial charge in [-0.1, -0.05) is 65.9 Å². The van der Waals surface area contributed by atoms with E-state index >= 15 is 0 Å². The van der Waals surface area contributed by atoms with E-state index in [0.29, 0.717) is 37.7 Å². The zero-order valence-corrected chi connectivity index (χ0v) is 21.1. The topological polar surface area (TPSA) is 99.4 Å². The van der Waals surface area contributed by atoms with Crippen LogP contribution in [0.4, 0.5) is 0 Å². The number of aromatic hydroxyl groups is 1. The van der Waals surface area contributed by atoms with Crippen molar-refractivity contribution in [1.29, 1.82) is 0 Å². The number of rotatable bonds is 5. The number of phenols is 1. The van der Waals surface area contributed by atoms with Gasteiger partial charge in [0.05, 0.1) is 28.5 Å². The van der Waals surface area contributed by atoms with Gasteiger partial charge in [0.1, 0.15) is 5.75 Å². The Hall–Kier alpha value is -4.63. The number of carbonyl (C=O) groups excluding carboxylic acids is 1. The van der Waals surface area contributed by atoms with E-state index in [0.717, 1.165) is 5.56 Å². The van der Waals surface area contributed by atoms with Crippen LogP contribution in [0.2, 0.25) is 0 Å². The van der Waals surface area contributed by atoms with Gasteiger partial charge in [0.15, 0.2) is 16.3 Å². The Kier molecular flexibility index (Phi) is 6.05. The summed E-state index contributed by atoms with van der Waals surface area (Å²) in [4.78, 5) is 32.6. The van der Waals surface area contributed by atoms with Crippen LogP contribution in [0.1, 0.15) is 29.7 Å². The fourth-order valence-electron chi connectivity index (χ4n) is 4.59. The van der Waals surface area contributed by atoms with Gasteiger partial charge in [-0.15, -0.1) is 0 Å². The van der Waals surface area contributed by atoms with E-state index in [1.165, 1.54) is 15.9 Å². The van der Waals surface area contributed by atoms with Gasteiger partial charge < -0.3 is 19.3 Å². The molecule has 2 aliphatic heterocycles. The highest BCUT2D eigenvalue weighted by atomic mass is 32.1. The van der Waals surface area contributed by atoms with Crippen molar-refractivity contribution in [2.75, 3.05) is 13.4 Å². The molecule has 6 rings (SSSR count). The van der Waals surface area contributed by atoms with Gasteiger partial charge in [-0.25, -0.2) is 9.79 Å². The Bertz CT molecular complexity index is 1770. The third-order valence-electron chi connectivity index (χ3n) is 6.31. The molecule has 0 amide bonds. The molecule has 2 aliphatic rings. The van der Waals surface area contributed by atoms with E-state index in [1.54, 1.807) is 49.4 Å². The molecule has 0 saturated carbocycles. The molecule has 4 aromatic rings. The highest BCUT2D eigenvalue weighted by Crippen LogP contribution is 2.40. The maximum absolute atomic E-state index is 13.9. The molecule has 9 heteroatoms. The molecule has 0 radical (unpaired) electrons. The highest BCUT2D eigenvalue weighted by Gasteiger charge is 2.36. The number of benzene rings is 3. The summed E-state index contributed by atoms with van der Waals surface area (Å²) in [6, 6.07) is 20.6. The Balaban J connectivity index is 1.66. The maximum Gasteiger partial charge on any atom is 0.338 e. The van der Waals surface area contributed by atoms with Crippen molar-refractivity contribution in [3.05, 3.63) is 115 Å². The van der Waals surface area contributed by atoms with Crippen molar-refractivity contribution >= 4 is 29.1 Å². The number of hydrogen-bond donors (Lipinski definition) is 1. The monoisotopic (exact) mass is 526 g/mol. The first-order chi connectivity index (χ1) is 18.5. The summed E-state index contributed by atoms with van der Waals surface area (Å²) in [6.07, 6.45) is 1.63. The second-order valence-electron chi connectivity index (χ2n) is 8.60. The van der Waals surface area contributed by atoms with Gasteiger partial charge in [-0.05, 0) is 36.8 Å². The number of esters is 1. The summed E-state index contributed by atoms with van der Waals surface area (Å²) in [7, 11) is 0. The summed E-state index contributed by atoms with van der Waals surface area (Å²) >= 11 is 1.19. The van der Waals surface area contributed by atoms with Crippen LogP contribution < -0.4 is 24.4 Å². The molecule has 1 aromatic heterocycles. The fourth-order valence-corrected chi connectivity index (χ4v) is 5.58. The molecule has 38 heavy (non-hydrogen) atoms. The summed E-state index contributed by atoms with van der Waals surface area (Å²) in [5.74, 6) is 0.613. The molecule has 1 unspecified atom stereocenters. The zero-order chi connectivity index (χ0) is 26.2. The molecule has 0 aliphatic carbocycles. The summed E-state index contributed by atoms with van der Waals surface area (Å²) in [6.45, 7) is 1.99. The lowest BCUT2D eigenvalue weighted by atomic mass is 9.93. The number of nitrogens with zero attached hydrogens (tertiary/aromatic N) is 2. The second kappa shape index (κ2) is 9.68. The average Bonchev–Trinajstić information content (AvgIpc) is 3.53. The largest absolute Gasteiger partial charge is 0.507 e. The van der Waals surface area contributed by atoms with E-state index in [4.69, 9.17) is 19.2 Å². The van der Waals surface area contributed by atoms with Crippen LogP contribution in [-0.4, -0.2) is 29.0 Å². The Morgan fingerprint density at radius 3 is 2.66 bits per heavy atom. The summed E-state index contributed by atoms with van der Waals surface area (Å²) < 4.78 is 18.4. The molecule has 0 saturated heterocycles. The zero-order valence-electron chi connectivity index (χ0n) is 20.3. The smallest absolute Gasteiger partial charge is 0.338 e. The molecular weight excluding hydrogens is 504 g/mol. The number of hydrogen-bond acceptors (Lipinski definition) is 8. The van der Waals surface area contributed by atoms with Crippen LogP contribution in [0.25, 0.3) is 11.8 Å². The second-order valence-corrected chi connectivity index (χ2v) is 9.61. The Morgan fingerprint density at radius 1 is 1.11 bits per heavy atom. The number of para-hydroxylation sites is 1. The molecule has 3 heterocycles. The molecule has 0 bridgehead atoms. The quantitative estimate of drug-likeness (QED) is 0.401. The van der Waals surface area contributed by atoms with E-state index in [1.807, 2.05) is 36.4 Å². The van der Waals surface area contributed by atoms with Gasteiger partial charge in [0.25, 0.3) is 5.56 Å². The minimum Gasteiger partial charge on any atom is -0.507 e. The van der Waals surface area contributed by atoms with Crippen LogP contribution in [0.5, 0.6) is 17.2 Å². The highest BCUT2D eigenvalue weighted by molar-refractivity contribution is 7.07. The van der Waals surface area contributed by atoms with Crippen molar-refractivity contribution in [2.45, 2.75) is 13.0 Å². The number of phenolic OH excluding ortho intramolecular Hbond substituents is 1. The Morgan fingerprint density at radius 2 is 1.87 bits per heavy atom. The minimum absolute atomic E-state index is 0.0582. The lowest BCUT2D eigenvalue weighted by Gasteiger charge is -2.26. The third-order valence-corrected chi connectivity index (χ3v) is 7.29. The molecule has 1 atom stereocenters. The van der Waals surface area contributed by atoms with Crippen LogP contribution in [0.15, 0.2) is 88.2 Å². The van der Waals surface area contributed by atoms with E-state index < -0.39 is 12.0 Å². The summed E-state index contributed by atoms with van der Waals surface area (Å²) in [5.41, 5.74) is 2.22. The van der Waals surface area contributed by atoms with E-state index in [9.17, 15) is 14.7 Å². The number of thiazole rings is 1. The minimum atomic E-state index is -0.832. The maximum atomic E-state index is 13.9. The molecule has 0 fully saturated rings. The van der Waals surface area contributed by atoms with Crippen molar-refractivity contribution in [1.82, 2.24) is 4.57 Å². The molecule has 8 nitrogen and oxygen atoms in total. The van der Waals surface area contributed by atoms with Gasteiger partial charge in [-0.3, -0.25) is 9.36 Å². The van der Waals surface area contributed by atoms with Crippen LogP contribution >= 0.6 is 11.3 Å². The molecular formula is C29H22N2O6S. The van der Waals surface area contributed by atoms with Crippen molar-refractivity contribution in [2.24, 2.45) is 4.99 Å². The molecule has 190 valence electrons. The van der Waals surface area contributed by atoms with Crippen LogP contribution in [-0.2, 0) is 9.53 Å². The van der Waals surface area contributed by atoms with Crippen LogP contribution in [0.3, 0.4) is 0 Å². The summed E-state index contributed by atoms with van der Waals surface area (Å²) in [5, 5.41) is 10.3. The fraction of sp³-hybridized carbons (Fsp3) is 0.138. The predicted molar refractivity (Wildman–Crippen MR) is 142 cm³/mol. The van der Waals surface area contributed by atoms with Crippen molar-refractivity contribution < 1.29 is 24.1 Å². The van der Waals surface area contributed by atoms with Gasteiger partial charge in [-0.2, -0.15) is 0 Å². The lowest BCUT2D eigenvalue weighted by molar-refractivity contribution is -0.138. The van der Waals surface area contributed by atoms with Crippen molar-refractivity contribution in [3.8, 4) is 17.2 Å². The van der Waals surface area contributed by atoms with E-state index in [2.05, 4.69) is 0 Å².